The van der Waals surface area contributed by atoms with Crippen molar-refractivity contribution in [3.8, 4) is 0 Å². The number of amides is 1. The van der Waals surface area contributed by atoms with Crippen LogP contribution in [0.1, 0.15) is 41.6 Å². The summed E-state index contributed by atoms with van der Waals surface area (Å²) in [6.45, 7) is 9.04. The Labute approximate surface area is 202 Å². The van der Waals surface area contributed by atoms with Crippen LogP contribution in [0.25, 0.3) is 0 Å². The first-order valence-electron chi connectivity index (χ1n) is 11.1. The zero-order chi connectivity index (χ0) is 23.4. The number of nitrogens with zero attached hydrogens (tertiary/aromatic N) is 4. The lowest BCUT2D eigenvalue weighted by Gasteiger charge is -2.23. The molecule has 8 nitrogen and oxygen atoms in total. The van der Waals surface area contributed by atoms with Gasteiger partial charge in [-0.3, -0.25) is 9.69 Å². The molecule has 0 spiro atoms. The Morgan fingerprint density at radius 3 is 2.85 bits per heavy atom. The number of hydrogen-bond acceptors (Lipinski definition) is 8. The third kappa shape index (κ3) is 5.79. The van der Waals surface area contributed by atoms with Crippen LogP contribution in [-0.2, 0) is 0 Å². The number of likely N-dealkylation sites (N-methyl/N-ethyl adjacent to an activating group) is 1. The minimum atomic E-state index is -0.311. The van der Waals surface area contributed by atoms with Gasteiger partial charge in [0.05, 0.1) is 10.7 Å². The number of aromatic nitrogens is 3. The zero-order valence-electron chi connectivity index (χ0n) is 19.0. The molecule has 33 heavy (non-hydrogen) atoms. The molecule has 1 aromatic carbocycles. The molecular weight excluding hydrogens is 458 g/mol. The van der Waals surface area contributed by atoms with Crippen molar-refractivity contribution in [2.75, 3.05) is 35.6 Å². The topological polar surface area (TPSA) is 95.1 Å². The predicted octanol–water partition coefficient (Wildman–Crippen LogP) is 5.10. The van der Waals surface area contributed by atoms with Crippen LogP contribution in [0.15, 0.2) is 29.6 Å². The Hall–Kier alpha value is -2.75. The summed E-state index contributed by atoms with van der Waals surface area (Å²) < 4.78 is 0. The fourth-order valence-electron chi connectivity index (χ4n) is 4.00. The van der Waals surface area contributed by atoms with Gasteiger partial charge in [0.25, 0.3) is 5.91 Å². The number of halogens is 1. The standard InChI is InChI=1S/C23H28ClN7OS/c1-4-31-10-6-8-16(31)12-25-19-11-20(27-15(3)26-19)29-23-28-18(13-33-23)22(32)30-21-14(2)7-5-9-17(21)24/h5,7,9,11,13,16H,4,6,8,10,12H2,1-3H3,(H,30,32)(H2,25,26,27,28,29)/t16-/m1/s1. The number of nitrogens with one attached hydrogen (secondary N) is 3. The minimum Gasteiger partial charge on any atom is -0.368 e. The first-order chi connectivity index (χ1) is 15.9. The summed E-state index contributed by atoms with van der Waals surface area (Å²) in [5.41, 5.74) is 1.80. The Morgan fingerprint density at radius 2 is 2.06 bits per heavy atom. The number of carbonyl (C=O) groups is 1. The SMILES string of the molecule is CCN1CCC[C@@H]1CNc1cc(Nc2nc(C(=O)Nc3c(C)cccc3Cl)cs2)nc(C)n1. The van der Waals surface area contributed by atoms with Crippen LogP contribution in [0.4, 0.5) is 22.5 Å². The van der Waals surface area contributed by atoms with Gasteiger partial charge in [-0.2, -0.15) is 0 Å². The van der Waals surface area contributed by atoms with Crippen molar-refractivity contribution in [2.45, 2.75) is 39.7 Å². The largest absolute Gasteiger partial charge is 0.368 e. The molecule has 0 unspecified atom stereocenters. The second kappa shape index (κ2) is 10.5. The third-order valence-electron chi connectivity index (χ3n) is 5.69. The van der Waals surface area contributed by atoms with E-state index in [4.69, 9.17) is 11.6 Å². The highest BCUT2D eigenvalue weighted by Gasteiger charge is 2.22. The molecule has 0 bridgehead atoms. The van der Waals surface area contributed by atoms with E-state index in [2.05, 4.69) is 42.7 Å². The lowest BCUT2D eigenvalue weighted by atomic mass is 10.2. The molecule has 174 valence electrons. The van der Waals surface area contributed by atoms with Gasteiger partial charge < -0.3 is 16.0 Å². The molecule has 1 fully saturated rings. The average Bonchev–Trinajstić information content (AvgIpc) is 3.43. The maximum absolute atomic E-state index is 12.7. The van der Waals surface area contributed by atoms with Crippen LogP contribution in [0, 0.1) is 13.8 Å². The maximum Gasteiger partial charge on any atom is 0.275 e. The number of hydrogen-bond donors (Lipinski definition) is 3. The summed E-state index contributed by atoms with van der Waals surface area (Å²) >= 11 is 7.56. The van der Waals surface area contributed by atoms with Crippen LogP contribution in [0.5, 0.6) is 0 Å². The highest BCUT2D eigenvalue weighted by atomic mass is 35.5. The Balaban J connectivity index is 1.41. The maximum atomic E-state index is 12.7. The summed E-state index contributed by atoms with van der Waals surface area (Å²) in [7, 11) is 0. The number of benzene rings is 1. The lowest BCUT2D eigenvalue weighted by Crippen LogP contribution is -2.34. The van der Waals surface area contributed by atoms with Crippen LogP contribution in [0.3, 0.4) is 0 Å². The van der Waals surface area contributed by atoms with Gasteiger partial charge in [0.15, 0.2) is 5.13 Å². The monoisotopic (exact) mass is 485 g/mol. The minimum absolute atomic E-state index is 0.311. The van der Waals surface area contributed by atoms with E-state index in [1.807, 2.05) is 32.0 Å². The van der Waals surface area contributed by atoms with Crippen LogP contribution in [0.2, 0.25) is 5.02 Å². The van der Waals surface area contributed by atoms with E-state index >= 15 is 0 Å². The zero-order valence-corrected chi connectivity index (χ0v) is 20.6. The smallest absolute Gasteiger partial charge is 0.275 e. The van der Waals surface area contributed by atoms with Crippen molar-refractivity contribution in [1.29, 1.82) is 0 Å². The van der Waals surface area contributed by atoms with Crippen molar-refractivity contribution in [2.24, 2.45) is 0 Å². The van der Waals surface area contributed by atoms with Gasteiger partial charge in [0.2, 0.25) is 0 Å². The highest BCUT2D eigenvalue weighted by molar-refractivity contribution is 7.14. The molecule has 0 radical (unpaired) electrons. The Morgan fingerprint density at radius 1 is 1.24 bits per heavy atom. The number of aryl methyl sites for hydroxylation is 2. The quantitative estimate of drug-likeness (QED) is 0.408. The average molecular weight is 486 g/mol. The normalized spacial score (nSPS) is 16.1. The molecule has 3 heterocycles. The first kappa shape index (κ1) is 23.4. The fraction of sp³-hybridized carbons (Fsp3) is 0.391. The number of rotatable bonds is 8. The van der Waals surface area contributed by atoms with Crippen molar-refractivity contribution in [1.82, 2.24) is 19.9 Å². The van der Waals surface area contributed by atoms with Gasteiger partial charge in [0.1, 0.15) is 23.2 Å². The molecule has 1 saturated heterocycles. The third-order valence-corrected chi connectivity index (χ3v) is 6.77. The predicted molar refractivity (Wildman–Crippen MR) is 135 cm³/mol. The molecule has 10 heteroatoms. The van der Waals surface area contributed by atoms with E-state index in [0.717, 1.165) is 31.0 Å². The van der Waals surface area contributed by atoms with E-state index in [0.29, 0.717) is 39.2 Å². The first-order valence-corrected chi connectivity index (χ1v) is 12.3. The summed E-state index contributed by atoms with van der Waals surface area (Å²) in [5, 5.41) is 12.3. The van der Waals surface area contributed by atoms with E-state index in [1.165, 1.54) is 24.2 Å². The second-order valence-electron chi connectivity index (χ2n) is 8.04. The van der Waals surface area contributed by atoms with Crippen LogP contribution < -0.4 is 16.0 Å². The van der Waals surface area contributed by atoms with Crippen LogP contribution in [-0.4, -0.2) is 51.4 Å². The Bertz CT molecular complexity index is 1120. The van der Waals surface area contributed by atoms with E-state index in [9.17, 15) is 4.79 Å². The molecule has 0 saturated carbocycles. The molecule has 4 rings (SSSR count). The van der Waals surface area contributed by atoms with E-state index < -0.39 is 0 Å². The van der Waals surface area contributed by atoms with Crippen molar-refractivity contribution in [3.63, 3.8) is 0 Å². The van der Waals surface area contributed by atoms with E-state index in [1.54, 1.807) is 11.4 Å². The van der Waals surface area contributed by atoms with Crippen molar-refractivity contribution < 1.29 is 4.79 Å². The number of para-hydroxylation sites is 1. The molecular formula is C23H28ClN7OS. The molecule has 1 aliphatic rings. The van der Waals surface area contributed by atoms with Crippen LogP contribution >= 0.6 is 22.9 Å². The Kier molecular flexibility index (Phi) is 7.42. The van der Waals surface area contributed by atoms with E-state index in [-0.39, 0.29) is 5.91 Å². The molecule has 3 aromatic rings. The summed E-state index contributed by atoms with van der Waals surface area (Å²) in [5.74, 6) is 1.75. The molecule has 1 amide bonds. The highest BCUT2D eigenvalue weighted by Crippen LogP contribution is 2.27. The van der Waals surface area contributed by atoms with Gasteiger partial charge >= 0.3 is 0 Å². The van der Waals surface area contributed by atoms with Gasteiger partial charge in [0, 0.05) is 24.0 Å². The molecule has 1 aliphatic heterocycles. The van der Waals surface area contributed by atoms with Gasteiger partial charge in [-0.25, -0.2) is 15.0 Å². The summed E-state index contributed by atoms with van der Waals surface area (Å²) in [6.07, 6.45) is 2.44. The molecule has 2 aromatic heterocycles. The van der Waals surface area contributed by atoms with Gasteiger partial charge in [-0.05, 0) is 51.4 Å². The number of likely N-dealkylation sites (tertiary alicyclic amines) is 1. The second-order valence-corrected chi connectivity index (χ2v) is 9.31. The van der Waals surface area contributed by atoms with Crippen molar-refractivity contribution in [3.05, 3.63) is 51.7 Å². The fourth-order valence-corrected chi connectivity index (χ4v) is 4.97. The molecule has 3 N–H and O–H groups in total. The summed E-state index contributed by atoms with van der Waals surface area (Å²) in [4.78, 5) is 28.5. The number of anilines is 4. The van der Waals surface area contributed by atoms with Gasteiger partial charge in [-0.1, -0.05) is 30.7 Å². The molecule has 0 aliphatic carbocycles. The number of carbonyl (C=O) groups excluding carboxylic acids is 1. The molecule has 1 atom stereocenters. The van der Waals surface area contributed by atoms with Crippen molar-refractivity contribution >= 4 is 51.3 Å². The lowest BCUT2D eigenvalue weighted by molar-refractivity contribution is 0.102. The number of thiazole rings is 1. The summed E-state index contributed by atoms with van der Waals surface area (Å²) in [6, 6.07) is 7.88. The van der Waals surface area contributed by atoms with Gasteiger partial charge in [-0.15, -0.1) is 11.3 Å².